The zero-order chi connectivity index (χ0) is 20.9. The second kappa shape index (κ2) is 8.82. The highest BCUT2D eigenvalue weighted by atomic mass is 16.2. The zero-order valence-corrected chi connectivity index (χ0v) is 16.8. The fourth-order valence-corrected chi connectivity index (χ4v) is 3.62. The van der Waals surface area contributed by atoms with Crippen molar-refractivity contribution in [3.63, 3.8) is 0 Å². The van der Waals surface area contributed by atoms with Gasteiger partial charge in [-0.1, -0.05) is 12.1 Å². The van der Waals surface area contributed by atoms with Crippen molar-refractivity contribution in [2.75, 3.05) is 23.3 Å². The molecule has 1 N–H and O–H groups in total. The number of ketones is 1. The van der Waals surface area contributed by atoms with Gasteiger partial charge in [-0.3, -0.25) is 14.6 Å². The summed E-state index contributed by atoms with van der Waals surface area (Å²) in [5, 5.41) is 11.6. The average molecular weight is 401 g/mol. The van der Waals surface area contributed by atoms with Gasteiger partial charge in [0.25, 0.3) is 0 Å². The van der Waals surface area contributed by atoms with Crippen LogP contribution in [0.5, 0.6) is 0 Å². The van der Waals surface area contributed by atoms with E-state index >= 15 is 0 Å². The van der Waals surface area contributed by atoms with Gasteiger partial charge in [-0.25, -0.2) is 0 Å². The Kier molecular flexibility index (Phi) is 5.79. The van der Waals surface area contributed by atoms with Crippen molar-refractivity contribution in [1.29, 1.82) is 0 Å². The van der Waals surface area contributed by atoms with Crippen LogP contribution in [0, 0.1) is 5.92 Å². The van der Waals surface area contributed by atoms with Crippen LogP contribution in [0.4, 0.5) is 11.5 Å². The zero-order valence-electron chi connectivity index (χ0n) is 16.8. The van der Waals surface area contributed by atoms with Crippen LogP contribution in [0.3, 0.4) is 0 Å². The largest absolute Gasteiger partial charge is 0.354 e. The molecule has 1 fully saturated rings. The number of anilines is 2. The molecular weight excluding hydrogens is 378 g/mol. The van der Waals surface area contributed by atoms with Crippen LogP contribution in [0.15, 0.2) is 60.9 Å². The molecule has 0 bridgehead atoms. The molecule has 1 amide bonds. The number of hydrogen-bond acceptors (Lipinski definition) is 6. The molecule has 4 rings (SSSR count). The predicted molar refractivity (Wildman–Crippen MR) is 115 cm³/mol. The van der Waals surface area contributed by atoms with Gasteiger partial charge in [0.1, 0.15) is 0 Å². The Bertz CT molecular complexity index is 1040. The highest BCUT2D eigenvalue weighted by molar-refractivity contribution is 5.97. The topological polar surface area (TPSA) is 88.1 Å². The summed E-state index contributed by atoms with van der Waals surface area (Å²) >= 11 is 0. The summed E-state index contributed by atoms with van der Waals surface area (Å²) in [6.45, 7) is 2.93. The Labute approximate surface area is 175 Å². The molecule has 2 aromatic heterocycles. The van der Waals surface area contributed by atoms with E-state index in [1.54, 1.807) is 36.7 Å². The third kappa shape index (κ3) is 4.51. The summed E-state index contributed by atoms with van der Waals surface area (Å²) in [7, 11) is 0. The van der Waals surface area contributed by atoms with Gasteiger partial charge >= 0.3 is 0 Å². The molecule has 1 aliphatic heterocycles. The van der Waals surface area contributed by atoms with Crippen molar-refractivity contribution in [2.24, 2.45) is 5.92 Å². The van der Waals surface area contributed by atoms with Crippen LogP contribution in [0.1, 0.15) is 30.1 Å². The lowest BCUT2D eigenvalue weighted by Crippen LogP contribution is -2.41. The van der Waals surface area contributed by atoms with Crippen LogP contribution < -0.4 is 10.2 Å². The maximum atomic E-state index is 12.8. The molecule has 30 heavy (non-hydrogen) atoms. The molecule has 3 heterocycles. The number of aromatic nitrogens is 3. The molecule has 0 radical (unpaired) electrons. The van der Waals surface area contributed by atoms with Gasteiger partial charge in [0.05, 0.1) is 11.6 Å². The van der Waals surface area contributed by atoms with Crippen molar-refractivity contribution < 1.29 is 9.59 Å². The standard InChI is InChI=1S/C23H23N5O2/c1-16(29)17-5-2-8-20(13-17)25-23(30)19-7-4-12-28(15-19)22-10-9-21(26-27-22)18-6-3-11-24-14-18/h2-3,5-6,8-11,13-14,19H,4,7,12,15H2,1H3,(H,25,30). The molecule has 7 nitrogen and oxygen atoms in total. The summed E-state index contributed by atoms with van der Waals surface area (Å²) in [4.78, 5) is 30.6. The summed E-state index contributed by atoms with van der Waals surface area (Å²) < 4.78 is 0. The van der Waals surface area contributed by atoms with Crippen molar-refractivity contribution in [1.82, 2.24) is 15.2 Å². The maximum absolute atomic E-state index is 12.8. The molecule has 1 saturated heterocycles. The van der Waals surface area contributed by atoms with Gasteiger partial charge in [0.2, 0.25) is 5.91 Å². The van der Waals surface area contributed by atoms with Crippen LogP contribution in [0.25, 0.3) is 11.3 Å². The van der Waals surface area contributed by atoms with E-state index in [4.69, 9.17) is 0 Å². The van der Waals surface area contributed by atoms with Crippen LogP contribution >= 0.6 is 0 Å². The Balaban J connectivity index is 1.42. The number of carbonyl (C=O) groups is 2. The quantitative estimate of drug-likeness (QED) is 0.657. The molecule has 152 valence electrons. The summed E-state index contributed by atoms with van der Waals surface area (Å²) in [6, 6.07) is 14.7. The van der Waals surface area contributed by atoms with Gasteiger partial charge in [-0.2, -0.15) is 0 Å². The highest BCUT2D eigenvalue weighted by Crippen LogP contribution is 2.24. The molecule has 0 aliphatic carbocycles. The summed E-state index contributed by atoms with van der Waals surface area (Å²) in [5.41, 5.74) is 2.91. The van der Waals surface area contributed by atoms with E-state index in [1.165, 1.54) is 6.92 Å². The SMILES string of the molecule is CC(=O)c1cccc(NC(=O)C2CCCN(c3ccc(-c4cccnc4)nn3)C2)c1. The maximum Gasteiger partial charge on any atom is 0.229 e. The van der Waals surface area contributed by atoms with Gasteiger partial charge in [-0.05, 0) is 56.2 Å². The average Bonchev–Trinajstić information content (AvgIpc) is 2.80. The molecule has 0 spiro atoms. The molecule has 7 heteroatoms. The molecule has 1 aromatic carbocycles. The monoisotopic (exact) mass is 401 g/mol. The smallest absolute Gasteiger partial charge is 0.229 e. The van der Waals surface area contributed by atoms with E-state index in [2.05, 4.69) is 25.4 Å². The number of benzene rings is 1. The molecular formula is C23H23N5O2. The fraction of sp³-hybridized carbons (Fsp3) is 0.261. The minimum Gasteiger partial charge on any atom is -0.354 e. The Hall–Kier alpha value is -3.61. The van der Waals surface area contributed by atoms with E-state index in [0.29, 0.717) is 17.8 Å². The van der Waals surface area contributed by atoms with Crippen LogP contribution in [0.2, 0.25) is 0 Å². The first-order valence-corrected chi connectivity index (χ1v) is 10.0. The molecule has 1 unspecified atom stereocenters. The molecule has 0 saturated carbocycles. The second-order valence-electron chi connectivity index (χ2n) is 7.43. The number of nitrogens with one attached hydrogen (secondary N) is 1. The molecule has 1 aliphatic rings. The first-order valence-electron chi connectivity index (χ1n) is 10.0. The number of rotatable bonds is 5. The molecule has 1 atom stereocenters. The minimum absolute atomic E-state index is 0.0248. The van der Waals surface area contributed by atoms with Gasteiger partial charge < -0.3 is 10.2 Å². The minimum atomic E-state index is -0.153. The number of nitrogens with zero attached hydrogens (tertiary/aromatic N) is 4. The third-order valence-electron chi connectivity index (χ3n) is 5.26. The highest BCUT2D eigenvalue weighted by Gasteiger charge is 2.27. The van der Waals surface area contributed by atoms with Gasteiger partial charge in [0, 0.05) is 42.3 Å². The Morgan fingerprint density at radius 2 is 2.00 bits per heavy atom. The van der Waals surface area contributed by atoms with E-state index in [1.807, 2.05) is 24.3 Å². The van der Waals surface area contributed by atoms with Crippen molar-refractivity contribution >= 4 is 23.2 Å². The lowest BCUT2D eigenvalue weighted by atomic mass is 9.97. The van der Waals surface area contributed by atoms with Gasteiger partial charge in [-0.15, -0.1) is 10.2 Å². The normalized spacial score (nSPS) is 16.2. The summed E-state index contributed by atoms with van der Waals surface area (Å²) in [5.74, 6) is 0.543. The third-order valence-corrected chi connectivity index (χ3v) is 5.26. The Morgan fingerprint density at radius 1 is 1.10 bits per heavy atom. The van der Waals surface area contributed by atoms with E-state index in [0.717, 1.165) is 36.5 Å². The first-order chi connectivity index (χ1) is 14.6. The number of Topliss-reactive ketones (excluding diaryl/α,β-unsaturated/α-hetero) is 1. The number of amides is 1. The molecule has 3 aromatic rings. The van der Waals surface area contributed by atoms with Crippen molar-refractivity contribution in [2.45, 2.75) is 19.8 Å². The van der Waals surface area contributed by atoms with Crippen molar-refractivity contribution in [3.8, 4) is 11.3 Å². The number of carbonyl (C=O) groups excluding carboxylic acids is 2. The van der Waals surface area contributed by atoms with E-state index in [9.17, 15) is 9.59 Å². The van der Waals surface area contributed by atoms with E-state index in [-0.39, 0.29) is 17.6 Å². The van der Waals surface area contributed by atoms with E-state index < -0.39 is 0 Å². The number of hydrogen-bond donors (Lipinski definition) is 1. The lowest BCUT2D eigenvalue weighted by molar-refractivity contribution is -0.120. The first kappa shape index (κ1) is 19.7. The van der Waals surface area contributed by atoms with Crippen LogP contribution in [-0.4, -0.2) is 40.0 Å². The van der Waals surface area contributed by atoms with Crippen molar-refractivity contribution in [3.05, 3.63) is 66.5 Å². The summed E-state index contributed by atoms with van der Waals surface area (Å²) in [6.07, 6.45) is 5.19. The second-order valence-corrected chi connectivity index (χ2v) is 7.43. The van der Waals surface area contributed by atoms with Gasteiger partial charge in [0.15, 0.2) is 11.6 Å². The number of piperidine rings is 1. The predicted octanol–water partition coefficient (Wildman–Crippen LogP) is 3.60. The Morgan fingerprint density at radius 3 is 2.73 bits per heavy atom. The van der Waals surface area contributed by atoms with Crippen LogP contribution in [-0.2, 0) is 4.79 Å². The number of pyridine rings is 1. The lowest BCUT2D eigenvalue weighted by Gasteiger charge is -2.32. The fourth-order valence-electron chi connectivity index (χ4n) is 3.62.